The first-order chi connectivity index (χ1) is 13.9. The van der Waals surface area contributed by atoms with Crippen molar-refractivity contribution in [3.8, 4) is 0 Å². The number of hydrogen-bond acceptors (Lipinski definition) is 4. The number of anilines is 2. The Bertz CT molecular complexity index is 838. The maximum Gasteiger partial charge on any atom is 0.313 e. The molecule has 2 aromatic rings. The molecule has 0 fully saturated rings. The normalized spacial score (nSPS) is 10.0. The number of amides is 4. The van der Waals surface area contributed by atoms with E-state index in [4.69, 9.17) is 0 Å². The molecule has 0 bridgehead atoms. The van der Waals surface area contributed by atoms with Crippen LogP contribution in [0.15, 0.2) is 48.5 Å². The van der Waals surface area contributed by atoms with Gasteiger partial charge in [0.15, 0.2) is 0 Å². The average molecular weight is 396 g/mol. The molecule has 0 spiro atoms. The average Bonchev–Trinajstić information content (AvgIpc) is 2.70. The number of para-hydroxylation sites is 2. The van der Waals surface area contributed by atoms with Crippen LogP contribution in [-0.4, -0.2) is 36.7 Å². The number of carbonyl (C=O) groups is 4. The molecule has 0 atom stereocenters. The minimum absolute atomic E-state index is 0.180. The van der Waals surface area contributed by atoms with Crippen molar-refractivity contribution in [2.24, 2.45) is 0 Å². The lowest BCUT2D eigenvalue weighted by Crippen LogP contribution is -2.39. The summed E-state index contributed by atoms with van der Waals surface area (Å²) in [5, 5.41) is 10.0. The minimum Gasteiger partial charge on any atom is -0.348 e. The van der Waals surface area contributed by atoms with Crippen molar-refractivity contribution in [3.63, 3.8) is 0 Å². The SMILES string of the molecule is Cc1ccccc1NC(=O)C(=O)NCCCNC(=O)C(=O)Nc1ccccc1C. The van der Waals surface area contributed by atoms with Gasteiger partial charge >= 0.3 is 23.6 Å². The summed E-state index contributed by atoms with van der Waals surface area (Å²) in [7, 11) is 0. The van der Waals surface area contributed by atoms with Crippen molar-refractivity contribution < 1.29 is 19.2 Å². The molecule has 0 radical (unpaired) electrons. The summed E-state index contributed by atoms with van der Waals surface area (Å²) in [6.07, 6.45) is 0.368. The van der Waals surface area contributed by atoms with Gasteiger partial charge in [-0.3, -0.25) is 19.2 Å². The number of nitrogens with one attached hydrogen (secondary N) is 4. The van der Waals surface area contributed by atoms with Crippen LogP contribution in [0.4, 0.5) is 11.4 Å². The maximum atomic E-state index is 11.9. The first-order valence-corrected chi connectivity index (χ1v) is 9.18. The molecule has 152 valence electrons. The first kappa shape index (κ1) is 21.6. The quantitative estimate of drug-likeness (QED) is 0.437. The van der Waals surface area contributed by atoms with E-state index in [1.165, 1.54) is 0 Å². The van der Waals surface area contributed by atoms with Crippen LogP contribution in [0.2, 0.25) is 0 Å². The molecule has 0 saturated carbocycles. The fourth-order valence-electron chi connectivity index (χ4n) is 2.44. The van der Waals surface area contributed by atoms with Crippen LogP contribution in [-0.2, 0) is 19.2 Å². The molecule has 0 unspecified atom stereocenters. The molecule has 2 aromatic carbocycles. The van der Waals surface area contributed by atoms with Gasteiger partial charge in [0.25, 0.3) is 0 Å². The van der Waals surface area contributed by atoms with Gasteiger partial charge in [-0.1, -0.05) is 36.4 Å². The van der Waals surface area contributed by atoms with Crippen molar-refractivity contribution in [3.05, 3.63) is 59.7 Å². The number of hydrogen-bond donors (Lipinski definition) is 4. The highest BCUT2D eigenvalue weighted by atomic mass is 16.2. The van der Waals surface area contributed by atoms with Crippen molar-refractivity contribution in [1.82, 2.24) is 10.6 Å². The zero-order valence-corrected chi connectivity index (χ0v) is 16.4. The highest BCUT2D eigenvalue weighted by molar-refractivity contribution is 6.40. The standard InChI is InChI=1S/C21H24N4O4/c1-14-8-3-5-10-16(14)24-20(28)18(26)22-12-7-13-23-19(27)21(29)25-17-11-6-4-9-15(17)2/h3-6,8-11H,7,12-13H2,1-2H3,(H,22,26)(H,23,27)(H,24,28)(H,25,29). The third kappa shape index (κ3) is 6.76. The Morgan fingerprint density at radius 2 is 1.00 bits per heavy atom. The Kier molecular flexibility index (Phi) is 7.90. The van der Waals surface area contributed by atoms with Crippen LogP contribution in [0.3, 0.4) is 0 Å². The zero-order valence-electron chi connectivity index (χ0n) is 16.4. The Labute approximate surface area is 169 Å². The number of benzene rings is 2. The van der Waals surface area contributed by atoms with Gasteiger partial charge in [0, 0.05) is 24.5 Å². The molecule has 0 aliphatic heterocycles. The van der Waals surface area contributed by atoms with E-state index in [1.54, 1.807) is 24.3 Å². The van der Waals surface area contributed by atoms with E-state index >= 15 is 0 Å². The van der Waals surface area contributed by atoms with Crippen molar-refractivity contribution in [1.29, 1.82) is 0 Å². The van der Waals surface area contributed by atoms with E-state index in [0.717, 1.165) is 11.1 Å². The predicted octanol–water partition coefficient (Wildman–Crippen LogP) is 1.50. The lowest BCUT2D eigenvalue weighted by molar-refractivity contribution is -0.136. The number of rotatable bonds is 6. The summed E-state index contributed by atoms with van der Waals surface area (Å²) in [6, 6.07) is 14.3. The smallest absolute Gasteiger partial charge is 0.313 e. The van der Waals surface area contributed by atoms with E-state index in [1.807, 2.05) is 38.1 Å². The van der Waals surface area contributed by atoms with Gasteiger partial charge in [-0.25, -0.2) is 0 Å². The Balaban J connectivity index is 1.65. The van der Waals surface area contributed by atoms with Gasteiger partial charge in [-0.05, 0) is 43.5 Å². The summed E-state index contributed by atoms with van der Waals surface area (Å²) < 4.78 is 0. The summed E-state index contributed by atoms with van der Waals surface area (Å²) in [4.78, 5) is 47.4. The molecule has 0 aliphatic rings. The molecule has 0 saturated heterocycles. The third-order valence-corrected chi connectivity index (χ3v) is 4.12. The Morgan fingerprint density at radius 1 is 0.621 bits per heavy atom. The second-order valence-electron chi connectivity index (χ2n) is 6.40. The minimum atomic E-state index is -0.767. The van der Waals surface area contributed by atoms with E-state index in [0.29, 0.717) is 17.8 Å². The molecule has 8 heteroatoms. The maximum absolute atomic E-state index is 11.9. The van der Waals surface area contributed by atoms with Gasteiger partial charge in [0.05, 0.1) is 0 Å². The number of carbonyl (C=O) groups excluding carboxylic acids is 4. The molecule has 2 rings (SSSR count). The summed E-state index contributed by atoms with van der Waals surface area (Å²) in [6.45, 7) is 4.01. The van der Waals surface area contributed by atoms with Crippen LogP contribution >= 0.6 is 0 Å². The summed E-state index contributed by atoms with van der Waals surface area (Å²) in [5.74, 6) is -3.06. The van der Waals surface area contributed by atoms with Gasteiger partial charge in [0.2, 0.25) is 0 Å². The predicted molar refractivity (Wildman–Crippen MR) is 110 cm³/mol. The van der Waals surface area contributed by atoms with Crippen LogP contribution in [0.1, 0.15) is 17.5 Å². The first-order valence-electron chi connectivity index (χ1n) is 9.18. The Morgan fingerprint density at radius 3 is 1.38 bits per heavy atom. The lowest BCUT2D eigenvalue weighted by atomic mass is 10.2. The third-order valence-electron chi connectivity index (χ3n) is 4.12. The zero-order chi connectivity index (χ0) is 21.2. The largest absolute Gasteiger partial charge is 0.348 e. The second kappa shape index (κ2) is 10.6. The molecule has 8 nitrogen and oxygen atoms in total. The van der Waals surface area contributed by atoms with Crippen LogP contribution in [0.25, 0.3) is 0 Å². The molecular formula is C21H24N4O4. The summed E-state index contributed by atoms with van der Waals surface area (Å²) >= 11 is 0. The van der Waals surface area contributed by atoms with Crippen LogP contribution in [0, 0.1) is 13.8 Å². The molecule has 0 aromatic heterocycles. The lowest BCUT2D eigenvalue weighted by Gasteiger charge is -2.09. The molecule has 4 N–H and O–H groups in total. The molecule has 29 heavy (non-hydrogen) atoms. The van der Waals surface area contributed by atoms with Crippen LogP contribution < -0.4 is 21.3 Å². The highest BCUT2D eigenvalue weighted by Gasteiger charge is 2.15. The molecular weight excluding hydrogens is 372 g/mol. The Hall–Kier alpha value is -3.68. The van der Waals surface area contributed by atoms with Crippen LogP contribution in [0.5, 0.6) is 0 Å². The van der Waals surface area contributed by atoms with Crippen molar-refractivity contribution in [2.45, 2.75) is 20.3 Å². The summed E-state index contributed by atoms with van der Waals surface area (Å²) in [5.41, 5.74) is 2.83. The second-order valence-corrected chi connectivity index (χ2v) is 6.40. The van der Waals surface area contributed by atoms with Gasteiger partial charge < -0.3 is 21.3 Å². The molecule has 0 heterocycles. The van der Waals surface area contributed by atoms with Crippen molar-refractivity contribution in [2.75, 3.05) is 23.7 Å². The van der Waals surface area contributed by atoms with E-state index in [-0.39, 0.29) is 13.1 Å². The topological polar surface area (TPSA) is 116 Å². The highest BCUT2D eigenvalue weighted by Crippen LogP contribution is 2.13. The molecule has 0 aliphatic carbocycles. The van der Waals surface area contributed by atoms with Crippen molar-refractivity contribution >= 4 is 35.0 Å². The van der Waals surface area contributed by atoms with Gasteiger partial charge in [-0.15, -0.1) is 0 Å². The van der Waals surface area contributed by atoms with Gasteiger partial charge in [0.1, 0.15) is 0 Å². The fraction of sp³-hybridized carbons (Fsp3) is 0.238. The number of aryl methyl sites for hydroxylation is 2. The fourth-order valence-corrected chi connectivity index (χ4v) is 2.44. The van der Waals surface area contributed by atoms with Gasteiger partial charge in [-0.2, -0.15) is 0 Å². The molecule has 4 amide bonds. The monoisotopic (exact) mass is 396 g/mol. The van der Waals surface area contributed by atoms with E-state index in [2.05, 4.69) is 21.3 Å². The van der Waals surface area contributed by atoms with E-state index < -0.39 is 23.6 Å². The van der Waals surface area contributed by atoms with E-state index in [9.17, 15) is 19.2 Å².